The van der Waals surface area contributed by atoms with Gasteiger partial charge in [0, 0.05) is 12.1 Å². The molecule has 0 radical (unpaired) electrons. The quantitative estimate of drug-likeness (QED) is 0.738. The Morgan fingerprint density at radius 3 is 2.22 bits per heavy atom. The van der Waals surface area contributed by atoms with Crippen molar-refractivity contribution in [2.75, 3.05) is 6.54 Å². The molecule has 108 valence electrons. The second-order valence-electron chi connectivity index (χ2n) is 5.80. The number of carbonyl (C=O) groups is 1. The fraction of sp³-hybridized carbons (Fsp3) is 0.929. The smallest absolute Gasteiger partial charge is 0.407 e. The van der Waals surface area contributed by atoms with Gasteiger partial charge in [-0.2, -0.15) is 0 Å². The molecule has 0 aromatic carbocycles. The zero-order chi connectivity index (χ0) is 14.2. The Morgan fingerprint density at radius 1 is 1.22 bits per heavy atom. The van der Waals surface area contributed by atoms with Crippen molar-refractivity contribution in [2.24, 2.45) is 0 Å². The number of carbonyl (C=O) groups excluding carboxylic acids is 1. The van der Waals surface area contributed by atoms with Crippen molar-refractivity contribution in [3.05, 3.63) is 0 Å². The van der Waals surface area contributed by atoms with E-state index in [1.165, 1.54) is 0 Å². The molecule has 0 saturated heterocycles. The number of nitrogens with one attached hydrogen (secondary N) is 2. The molecule has 0 saturated carbocycles. The average Bonchev–Trinajstić information content (AvgIpc) is 2.21. The molecule has 18 heavy (non-hydrogen) atoms. The van der Waals surface area contributed by atoms with Crippen LogP contribution in [0, 0.1) is 0 Å². The maximum atomic E-state index is 11.5. The minimum absolute atomic E-state index is 0.127. The Bertz CT molecular complexity index is 232. The largest absolute Gasteiger partial charge is 0.444 e. The summed E-state index contributed by atoms with van der Waals surface area (Å²) in [5.41, 5.74) is -0.433. The van der Waals surface area contributed by atoms with Gasteiger partial charge in [-0.25, -0.2) is 4.79 Å². The van der Waals surface area contributed by atoms with Crippen molar-refractivity contribution in [3.8, 4) is 0 Å². The molecule has 0 rings (SSSR count). The van der Waals surface area contributed by atoms with Crippen molar-refractivity contribution in [2.45, 2.75) is 78.5 Å². The van der Waals surface area contributed by atoms with E-state index < -0.39 is 5.60 Å². The molecule has 0 fully saturated rings. The molecular formula is C14H30N2O2. The summed E-state index contributed by atoms with van der Waals surface area (Å²) in [6.07, 6.45) is 2.86. The highest BCUT2D eigenvalue weighted by molar-refractivity contribution is 5.67. The lowest BCUT2D eigenvalue weighted by Gasteiger charge is -2.22. The van der Waals surface area contributed by atoms with Gasteiger partial charge in [-0.1, -0.05) is 13.8 Å². The highest BCUT2D eigenvalue weighted by Gasteiger charge is 2.17. The Balaban J connectivity index is 3.77. The van der Waals surface area contributed by atoms with Crippen molar-refractivity contribution in [1.29, 1.82) is 0 Å². The molecule has 2 N–H and O–H groups in total. The van der Waals surface area contributed by atoms with Gasteiger partial charge in [-0.15, -0.1) is 0 Å². The number of rotatable bonds is 7. The Kier molecular flexibility index (Phi) is 8.00. The molecule has 0 aromatic heterocycles. The van der Waals surface area contributed by atoms with Crippen molar-refractivity contribution in [1.82, 2.24) is 10.6 Å². The van der Waals surface area contributed by atoms with E-state index in [2.05, 4.69) is 24.5 Å². The topological polar surface area (TPSA) is 50.4 Å². The van der Waals surface area contributed by atoms with Gasteiger partial charge in [0.25, 0.3) is 0 Å². The highest BCUT2D eigenvalue weighted by atomic mass is 16.6. The van der Waals surface area contributed by atoms with Gasteiger partial charge < -0.3 is 15.4 Å². The molecule has 1 amide bonds. The fourth-order valence-corrected chi connectivity index (χ4v) is 1.66. The van der Waals surface area contributed by atoms with E-state index in [0.29, 0.717) is 6.04 Å². The van der Waals surface area contributed by atoms with Crippen LogP contribution in [0.2, 0.25) is 0 Å². The predicted octanol–water partition coefficient (Wildman–Crippen LogP) is 3.07. The minimum Gasteiger partial charge on any atom is -0.444 e. The molecule has 0 aromatic rings. The maximum Gasteiger partial charge on any atom is 0.407 e. The summed E-state index contributed by atoms with van der Waals surface area (Å²) in [4.78, 5) is 11.5. The number of amides is 1. The number of ether oxygens (including phenoxy) is 1. The summed E-state index contributed by atoms with van der Waals surface area (Å²) < 4.78 is 5.21. The normalized spacial score (nSPS) is 13.5. The third-order valence-corrected chi connectivity index (χ3v) is 2.76. The molecule has 4 nitrogen and oxygen atoms in total. The summed E-state index contributed by atoms with van der Waals surface area (Å²) >= 11 is 0. The van der Waals surface area contributed by atoms with Gasteiger partial charge in [0.05, 0.1) is 0 Å². The summed E-state index contributed by atoms with van der Waals surface area (Å²) in [5, 5.41) is 6.32. The SMILES string of the molecule is CCC(CC)NCCC(C)NC(=O)OC(C)(C)C. The van der Waals surface area contributed by atoms with Crippen LogP contribution in [0.1, 0.15) is 60.8 Å². The van der Waals surface area contributed by atoms with Gasteiger partial charge in [0.2, 0.25) is 0 Å². The fourth-order valence-electron chi connectivity index (χ4n) is 1.66. The highest BCUT2D eigenvalue weighted by Crippen LogP contribution is 2.07. The summed E-state index contributed by atoms with van der Waals surface area (Å²) in [5.74, 6) is 0. The average molecular weight is 258 g/mol. The minimum atomic E-state index is -0.433. The second-order valence-corrected chi connectivity index (χ2v) is 5.80. The number of hydrogen-bond donors (Lipinski definition) is 2. The number of hydrogen-bond acceptors (Lipinski definition) is 3. The van der Waals surface area contributed by atoms with Crippen LogP contribution in [0.3, 0.4) is 0 Å². The first-order valence-corrected chi connectivity index (χ1v) is 7.01. The zero-order valence-electron chi connectivity index (χ0n) is 12.8. The molecule has 4 heteroatoms. The lowest BCUT2D eigenvalue weighted by atomic mass is 10.1. The first kappa shape index (κ1) is 17.2. The molecule has 0 aliphatic heterocycles. The molecule has 0 aliphatic rings. The Hall–Kier alpha value is -0.770. The van der Waals surface area contributed by atoms with Crippen LogP contribution in [0.4, 0.5) is 4.79 Å². The molecule has 0 aliphatic carbocycles. The van der Waals surface area contributed by atoms with Crippen LogP contribution in [-0.2, 0) is 4.74 Å². The standard InChI is InChI=1S/C14H30N2O2/c1-7-12(8-2)15-10-9-11(3)16-13(17)18-14(4,5)6/h11-12,15H,7-10H2,1-6H3,(H,16,17). The third-order valence-electron chi connectivity index (χ3n) is 2.76. The first-order chi connectivity index (χ1) is 8.28. The summed E-state index contributed by atoms with van der Waals surface area (Å²) in [7, 11) is 0. The van der Waals surface area contributed by atoms with E-state index in [1.807, 2.05) is 27.7 Å². The van der Waals surface area contributed by atoms with Gasteiger partial charge >= 0.3 is 6.09 Å². The maximum absolute atomic E-state index is 11.5. The van der Waals surface area contributed by atoms with Crippen molar-refractivity contribution >= 4 is 6.09 Å². The van der Waals surface area contributed by atoms with Crippen LogP contribution in [-0.4, -0.2) is 30.3 Å². The van der Waals surface area contributed by atoms with Gasteiger partial charge in [-0.05, 0) is 53.5 Å². The van der Waals surface area contributed by atoms with Crippen molar-refractivity contribution in [3.63, 3.8) is 0 Å². The van der Waals surface area contributed by atoms with E-state index in [0.717, 1.165) is 25.8 Å². The van der Waals surface area contributed by atoms with Crippen molar-refractivity contribution < 1.29 is 9.53 Å². The molecular weight excluding hydrogens is 228 g/mol. The van der Waals surface area contributed by atoms with Gasteiger partial charge in [0.15, 0.2) is 0 Å². The zero-order valence-corrected chi connectivity index (χ0v) is 12.8. The third kappa shape index (κ3) is 9.28. The van der Waals surface area contributed by atoms with Gasteiger partial charge in [0.1, 0.15) is 5.60 Å². The first-order valence-electron chi connectivity index (χ1n) is 7.01. The predicted molar refractivity (Wildman–Crippen MR) is 75.8 cm³/mol. The van der Waals surface area contributed by atoms with E-state index in [9.17, 15) is 4.79 Å². The van der Waals surface area contributed by atoms with E-state index in [4.69, 9.17) is 4.74 Å². The van der Waals surface area contributed by atoms with Gasteiger partial charge in [-0.3, -0.25) is 0 Å². The lowest BCUT2D eigenvalue weighted by Crippen LogP contribution is -2.39. The monoisotopic (exact) mass is 258 g/mol. The van der Waals surface area contributed by atoms with Crippen LogP contribution in [0.5, 0.6) is 0 Å². The molecule has 0 spiro atoms. The van der Waals surface area contributed by atoms with E-state index in [1.54, 1.807) is 0 Å². The van der Waals surface area contributed by atoms with Crippen LogP contribution in [0.25, 0.3) is 0 Å². The molecule has 1 atom stereocenters. The summed E-state index contributed by atoms with van der Waals surface area (Å²) in [6, 6.07) is 0.709. The number of alkyl carbamates (subject to hydrolysis) is 1. The molecule has 0 bridgehead atoms. The van der Waals surface area contributed by atoms with Crippen LogP contribution < -0.4 is 10.6 Å². The van der Waals surface area contributed by atoms with Crippen LogP contribution >= 0.6 is 0 Å². The lowest BCUT2D eigenvalue weighted by molar-refractivity contribution is 0.0506. The van der Waals surface area contributed by atoms with E-state index in [-0.39, 0.29) is 12.1 Å². The second kappa shape index (κ2) is 8.35. The molecule has 1 unspecified atom stereocenters. The summed E-state index contributed by atoms with van der Waals surface area (Å²) in [6.45, 7) is 12.9. The Labute approximate surface area is 112 Å². The molecule has 0 heterocycles. The Morgan fingerprint density at radius 2 is 1.78 bits per heavy atom. The van der Waals surface area contributed by atoms with E-state index >= 15 is 0 Å². The van der Waals surface area contributed by atoms with Crippen LogP contribution in [0.15, 0.2) is 0 Å².